The lowest BCUT2D eigenvalue weighted by Crippen LogP contribution is -2.40. The second kappa shape index (κ2) is 9.53. The number of hydrogen-bond donors (Lipinski definition) is 2. The Morgan fingerprint density at radius 2 is 1.92 bits per heavy atom. The van der Waals surface area contributed by atoms with Crippen molar-refractivity contribution in [1.82, 2.24) is 10.6 Å². The molecule has 0 aliphatic carbocycles. The van der Waals surface area contributed by atoms with Gasteiger partial charge in [-0.15, -0.1) is 0 Å². The van der Waals surface area contributed by atoms with Gasteiger partial charge in [-0.25, -0.2) is 0 Å². The highest BCUT2D eigenvalue weighted by Gasteiger charge is 2.15. The fourth-order valence-electron chi connectivity index (χ4n) is 2.22. The topological polar surface area (TPSA) is 50.4 Å². The van der Waals surface area contributed by atoms with Gasteiger partial charge in [-0.3, -0.25) is 10.1 Å². The number of carbonyl (C=O) groups excluding carboxylic acids is 1. The van der Waals surface area contributed by atoms with Crippen LogP contribution in [0.25, 0.3) is 0 Å². The van der Waals surface area contributed by atoms with Crippen LogP contribution in [-0.4, -0.2) is 23.7 Å². The van der Waals surface area contributed by atoms with Crippen LogP contribution in [0.1, 0.15) is 29.8 Å². The lowest BCUT2D eigenvalue weighted by Gasteiger charge is -2.15. The molecule has 0 radical (unpaired) electrons. The first kappa shape index (κ1) is 19.4. The summed E-state index contributed by atoms with van der Waals surface area (Å²) in [4.78, 5) is 12.5. The average Bonchev–Trinajstić information content (AvgIpc) is 2.57. The van der Waals surface area contributed by atoms with Crippen LogP contribution in [0.5, 0.6) is 5.75 Å². The summed E-state index contributed by atoms with van der Waals surface area (Å²) in [5, 5.41) is 6.06. The molecule has 2 N–H and O–H groups in total. The maximum Gasteiger partial charge on any atom is 0.261 e. The Bertz CT molecular complexity index is 735. The molecule has 2 aromatic carbocycles. The Labute approximate surface area is 162 Å². The van der Waals surface area contributed by atoms with Gasteiger partial charge in [-0.1, -0.05) is 46.3 Å². The standard InChI is InChI=1S/C19H21BrN2O2S/c1-13(2)24-17-9-8-15(20)12-16(17)18(23)22-19(25)21-11-10-14-6-4-3-5-7-14/h3-9,12-13H,10-11H2,1-2H3,(H2,21,22,23,25). The van der Waals surface area contributed by atoms with Crippen LogP contribution in [0.2, 0.25) is 0 Å². The lowest BCUT2D eigenvalue weighted by atomic mass is 10.1. The molecule has 0 aromatic heterocycles. The van der Waals surface area contributed by atoms with E-state index >= 15 is 0 Å². The van der Waals surface area contributed by atoms with Crippen LogP contribution in [0.3, 0.4) is 0 Å². The van der Waals surface area contributed by atoms with E-state index in [1.54, 1.807) is 12.1 Å². The third-order valence-corrected chi connectivity index (χ3v) is 4.06. The van der Waals surface area contributed by atoms with Gasteiger partial charge in [0.25, 0.3) is 5.91 Å². The number of carbonyl (C=O) groups is 1. The van der Waals surface area contributed by atoms with Crippen LogP contribution >= 0.6 is 28.1 Å². The van der Waals surface area contributed by atoms with Gasteiger partial charge in [0, 0.05) is 11.0 Å². The summed E-state index contributed by atoms with van der Waals surface area (Å²) in [6.45, 7) is 4.48. The molecule has 0 fully saturated rings. The van der Waals surface area contributed by atoms with Gasteiger partial charge in [0.05, 0.1) is 11.7 Å². The largest absolute Gasteiger partial charge is 0.490 e. The number of halogens is 1. The molecule has 0 aliphatic rings. The van der Waals surface area contributed by atoms with Gasteiger partial charge < -0.3 is 10.1 Å². The van der Waals surface area contributed by atoms with Crippen molar-refractivity contribution in [3.63, 3.8) is 0 Å². The molecular weight excluding hydrogens is 400 g/mol. The minimum absolute atomic E-state index is 0.0244. The SMILES string of the molecule is CC(C)Oc1ccc(Br)cc1C(=O)NC(=S)NCCc1ccccc1. The van der Waals surface area contributed by atoms with Gasteiger partial charge in [-0.05, 0) is 56.2 Å². The minimum Gasteiger partial charge on any atom is -0.490 e. The highest BCUT2D eigenvalue weighted by Crippen LogP contribution is 2.24. The Morgan fingerprint density at radius 1 is 1.20 bits per heavy atom. The molecule has 132 valence electrons. The van der Waals surface area contributed by atoms with E-state index in [0.29, 0.717) is 23.0 Å². The molecule has 0 saturated heterocycles. The molecule has 25 heavy (non-hydrogen) atoms. The predicted molar refractivity (Wildman–Crippen MR) is 108 cm³/mol. The van der Waals surface area contributed by atoms with Crippen LogP contribution in [0.15, 0.2) is 53.0 Å². The third-order valence-electron chi connectivity index (χ3n) is 3.32. The number of amides is 1. The number of nitrogens with one attached hydrogen (secondary N) is 2. The normalized spacial score (nSPS) is 10.4. The summed E-state index contributed by atoms with van der Waals surface area (Å²) in [6, 6.07) is 15.4. The van der Waals surface area contributed by atoms with Crippen molar-refractivity contribution in [3.8, 4) is 5.75 Å². The second-order valence-corrected chi connectivity index (χ2v) is 7.08. The molecule has 0 aliphatic heterocycles. The van der Waals surface area contributed by atoms with Crippen LogP contribution < -0.4 is 15.4 Å². The van der Waals surface area contributed by atoms with Gasteiger partial charge in [0.2, 0.25) is 0 Å². The summed E-state index contributed by atoms with van der Waals surface area (Å²) in [5.41, 5.74) is 1.65. The molecule has 6 heteroatoms. The van der Waals surface area contributed by atoms with Crippen LogP contribution in [0, 0.1) is 0 Å². The van der Waals surface area contributed by atoms with Crippen molar-refractivity contribution in [2.75, 3.05) is 6.54 Å². The maximum atomic E-state index is 12.5. The first-order valence-electron chi connectivity index (χ1n) is 8.05. The summed E-state index contributed by atoms with van der Waals surface area (Å²) in [7, 11) is 0. The van der Waals surface area contributed by atoms with Gasteiger partial charge >= 0.3 is 0 Å². The van der Waals surface area contributed by atoms with E-state index in [9.17, 15) is 4.79 Å². The van der Waals surface area contributed by atoms with Gasteiger partial charge in [0.15, 0.2) is 5.11 Å². The summed E-state index contributed by atoms with van der Waals surface area (Å²) in [6.07, 6.45) is 0.804. The molecule has 2 rings (SSSR count). The zero-order valence-electron chi connectivity index (χ0n) is 14.2. The van der Waals surface area contributed by atoms with E-state index in [0.717, 1.165) is 10.9 Å². The van der Waals surface area contributed by atoms with E-state index in [2.05, 4.69) is 38.7 Å². The lowest BCUT2D eigenvalue weighted by molar-refractivity contribution is 0.0971. The first-order chi connectivity index (χ1) is 12.0. The average molecular weight is 421 g/mol. The van der Waals surface area contributed by atoms with Crippen molar-refractivity contribution in [3.05, 3.63) is 64.1 Å². The van der Waals surface area contributed by atoms with E-state index in [1.165, 1.54) is 5.56 Å². The quantitative estimate of drug-likeness (QED) is 0.691. The highest BCUT2D eigenvalue weighted by atomic mass is 79.9. The summed E-state index contributed by atoms with van der Waals surface area (Å²) in [5.74, 6) is 0.233. The van der Waals surface area contributed by atoms with Gasteiger partial charge in [0.1, 0.15) is 5.75 Å². The van der Waals surface area contributed by atoms with Crippen molar-refractivity contribution < 1.29 is 9.53 Å². The van der Waals surface area contributed by atoms with Crippen molar-refractivity contribution in [1.29, 1.82) is 0 Å². The highest BCUT2D eigenvalue weighted by molar-refractivity contribution is 9.10. The van der Waals surface area contributed by atoms with E-state index in [1.807, 2.05) is 38.1 Å². The van der Waals surface area contributed by atoms with Crippen LogP contribution in [0.4, 0.5) is 0 Å². The Morgan fingerprint density at radius 3 is 2.60 bits per heavy atom. The second-order valence-electron chi connectivity index (χ2n) is 5.75. The number of benzene rings is 2. The van der Waals surface area contributed by atoms with Crippen molar-refractivity contribution in [2.24, 2.45) is 0 Å². The van der Waals surface area contributed by atoms with E-state index < -0.39 is 0 Å². The molecule has 2 aromatic rings. The molecular formula is C19H21BrN2O2S. The molecule has 0 unspecified atom stereocenters. The van der Waals surface area contributed by atoms with Crippen LogP contribution in [-0.2, 0) is 6.42 Å². The molecule has 0 atom stereocenters. The molecule has 0 saturated carbocycles. The third kappa shape index (κ3) is 6.48. The molecule has 0 heterocycles. The van der Waals surface area contributed by atoms with E-state index in [4.69, 9.17) is 17.0 Å². The zero-order chi connectivity index (χ0) is 18.2. The smallest absolute Gasteiger partial charge is 0.261 e. The number of thiocarbonyl (C=S) groups is 1. The predicted octanol–water partition coefficient (Wildman–Crippen LogP) is 4.08. The molecule has 4 nitrogen and oxygen atoms in total. The van der Waals surface area contributed by atoms with Gasteiger partial charge in [-0.2, -0.15) is 0 Å². The zero-order valence-corrected chi connectivity index (χ0v) is 16.6. The number of ether oxygens (including phenoxy) is 1. The summed E-state index contributed by atoms with van der Waals surface area (Å²) >= 11 is 8.59. The Balaban J connectivity index is 1.92. The molecule has 0 bridgehead atoms. The maximum absolute atomic E-state index is 12.5. The van der Waals surface area contributed by atoms with Crippen molar-refractivity contribution in [2.45, 2.75) is 26.4 Å². The van der Waals surface area contributed by atoms with Crippen molar-refractivity contribution >= 4 is 39.2 Å². The molecule has 0 spiro atoms. The number of hydrogen-bond acceptors (Lipinski definition) is 3. The fraction of sp³-hybridized carbons (Fsp3) is 0.263. The minimum atomic E-state index is -0.297. The summed E-state index contributed by atoms with van der Waals surface area (Å²) < 4.78 is 6.50. The molecule has 1 amide bonds. The van der Waals surface area contributed by atoms with E-state index in [-0.39, 0.29) is 12.0 Å². The number of rotatable bonds is 6. The Kier molecular flexibility index (Phi) is 7.40. The first-order valence-corrected chi connectivity index (χ1v) is 9.25. The Hall–Kier alpha value is -1.92. The fourth-order valence-corrected chi connectivity index (χ4v) is 2.77. The monoisotopic (exact) mass is 420 g/mol.